The standard InChI is InChI=1S/C9H17NO2/c1-6(2)8(10(4)5)7(3)9(11)12/h6H,1-5H3,(H,11,12). The Labute approximate surface area is 73.7 Å². The minimum atomic E-state index is -0.840. The molecular weight excluding hydrogens is 154 g/mol. The van der Waals surface area contributed by atoms with E-state index in [1.165, 1.54) is 0 Å². The Morgan fingerprint density at radius 1 is 1.33 bits per heavy atom. The number of allylic oxidation sites excluding steroid dienone is 1. The van der Waals surface area contributed by atoms with Crippen LogP contribution in [0.25, 0.3) is 0 Å². The van der Waals surface area contributed by atoms with E-state index in [1.807, 2.05) is 32.8 Å². The van der Waals surface area contributed by atoms with Crippen molar-refractivity contribution in [3.8, 4) is 0 Å². The summed E-state index contributed by atoms with van der Waals surface area (Å²) in [6.45, 7) is 5.61. The smallest absolute Gasteiger partial charge is 0.333 e. The van der Waals surface area contributed by atoms with E-state index in [0.29, 0.717) is 5.57 Å². The third-order valence-corrected chi connectivity index (χ3v) is 1.73. The van der Waals surface area contributed by atoms with Crippen LogP contribution in [0.3, 0.4) is 0 Å². The van der Waals surface area contributed by atoms with Gasteiger partial charge in [0, 0.05) is 19.8 Å². The first-order valence-corrected chi connectivity index (χ1v) is 3.99. The van der Waals surface area contributed by atoms with Crippen LogP contribution in [0, 0.1) is 5.92 Å². The second kappa shape index (κ2) is 4.14. The maximum absolute atomic E-state index is 10.7. The summed E-state index contributed by atoms with van der Waals surface area (Å²) >= 11 is 0. The molecule has 0 rings (SSSR count). The van der Waals surface area contributed by atoms with Crippen LogP contribution in [0.5, 0.6) is 0 Å². The summed E-state index contributed by atoms with van der Waals surface area (Å²) in [5, 5.41) is 8.77. The SMILES string of the molecule is CC(C(=O)O)=C(C(C)C)N(C)C. The van der Waals surface area contributed by atoms with Crippen LogP contribution in [0.4, 0.5) is 0 Å². The number of carboxylic acid groups (broad SMARTS) is 1. The lowest BCUT2D eigenvalue weighted by Crippen LogP contribution is -2.20. The van der Waals surface area contributed by atoms with Crippen molar-refractivity contribution in [2.24, 2.45) is 5.92 Å². The monoisotopic (exact) mass is 171 g/mol. The second-order valence-electron chi connectivity index (χ2n) is 3.36. The van der Waals surface area contributed by atoms with Gasteiger partial charge in [0.15, 0.2) is 0 Å². The van der Waals surface area contributed by atoms with Gasteiger partial charge in [-0.2, -0.15) is 0 Å². The minimum Gasteiger partial charge on any atom is -0.478 e. The van der Waals surface area contributed by atoms with Crippen LogP contribution in [-0.4, -0.2) is 30.1 Å². The van der Waals surface area contributed by atoms with E-state index in [-0.39, 0.29) is 5.92 Å². The Hall–Kier alpha value is -0.990. The maximum Gasteiger partial charge on any atom is 0.333 e. The molecule has 0 unspecified atom stereocenters. The molecule has 0 radical (unpaired) electrons. The highest BCUT2D eigenvalue weighted by Gasteiger charge is 2.13. The fourth-order valence-corrected chi connectivity index (χ4v) is 1.39. The summed E-state index contributed by atoms with van der Waals surface area (Å²) < 4.78 is 0. The number of aliphatic carboxylic acids is 1. The molecule has 0 aliphatic carbocycles. The number of carbonyl (C=O) groups is 1. The van der Waals surface area contributed by atoms with Crippen molar-refractivity contribution in [3.05, 3.63) is 11.3 Å². The molecule has 1 N–H and O–H groups in total. The van der Waals surface area contributed by atoms with Gasteiger partial charge in [-0.15, -0.1) is 0 Å². The van der Waals surface area contributed by atoms with Crippen molar-refractivity contribution >= 4 is 5.97 Å². The molecule has 0 aliphatic rings. The van der Waals surface area contributed by atoms with Crippen LogP contribution < -0.4 is 0 Å². The van der Waals surface area contributed by atoms with Gasteiger partial charge in [0.25, 0.3) is 0 Å². The van der Waals surface area contributed by atoms with Crippen molar-refractivity contribution in [1.29, 1.82) is 0 Å². The van der Waals surface area contributed by atoms with Gasteiger partial charge < -0.3 is 10.0 Å². The van der Waals surface area contributed by atoms with Crippen molar-refractivity contribution in [1.82, 2.24) is 4.90 Å². The molecule has 0 heterocycles. The lowest BCUT2D eigenvalue weighted by atomic mass is 10.0. The Kier molecular flexibility index (Phi) is 3.80. The molecule has 3 heteroatoms. The van der Waals surface area contributed by atoms with Gasteiger partial charge in [-0.3, -0.25) is 0 Å². The van der Waals surface area contributed by atoms with Crippen LogP contribution in [0.2, 0.25) is 0 Å². The fraction of sp³-hybridized carbons (Fsp3) is 0.667. The molecule has 0 aliphatic heterocycles. The maximum atomic E-state index is 10.7. The summed E-state index contributed by atoms with van der Waals surface area (Å²) in [4.78, 5) is 12.5. The predicted octanol–water partition coefficient (Wildman–Crippen LogP) is 1.56. The number of carboxylic acids is 1. The molecule has 0 saturated carbocycles. The average molecular weight is 171 g/mol. The Morgan fingerprint density at radius 2 is 1.75 bits per heavy atom. The molecular formula is C9H17NO2. The van der Waals surface area contributed by atoms with Gasteiger partial charge in [0.2, 0.25) is 0 Å². The lowest BCUT2D eigenvalue weighted by Gasteiger charge is -2.22. The molecule has 0 saturated heterocycles. The van der Waals surface area contributed by atoms with Crippen molar-refractivity contribution in [2.75, 3.05) is 14.1 Å². The van der Waals surface area contributed by atoms with Crippen LogP contribution in [-0.2, 0) is 4.79 Å². The van der Waals surface area contributed by atoms with Crippen molar-refractivity contribution < 1.29 is 9.90 Å². The number of hydrogen-bond acceptors (Lipinski definition) is 2. The van der Waals surface area contributed by atoms with E-state index < -0.39 is 5.97 Å². The van der Waals surface area contributed by atoms with E-state index in [4.69, 9.17) is 5.11 Å². The van der Waals surface area contributed by atoms with E-state index in [0.717, 1.165) is 5.70 Å². The quantitative estimate of drug-likeness (QED) is 0.655. The zero-order valence-electron chi connectivity index (χ0n) is 8.38. The molecule has 0 aromatic heterocycles. The first-order chi connectivity index (χ1) is 5.37. The predicted molar refractivity (Wildman–Crippen MR) is 48.9 cm³/mol. The van der Waals surface area contributed by atoms with Crippen molar-refractivity contribution in [2.45, 2.75) is 20.8 Å². The van der Waals surface area contributed by atoms with E-state index in [2.05, 4.69) is 0 Å². The second-order valence-corrected chi connectivity index (χ2v) is 3.36. The minimum absolute atomic E-state index is 0.246. The normalized spacial score (nSPS) is 12.8. The molecule has 0 bridgehead atoms. The molecule has 0 fully saturated rings. The van der Waals surface area contributed by atoms with E-state index in [9.17, 15) is 4.79 Å². The van der Waals surface area contributed by atoms with Gasteiger partial charge in [0.05, 0.1) is 5.57 Å². The average Bonchev–Trinajstić information content (AvgIpc) is 1.85. The van der Waals surface area contributed by atoms with Crippen LogP contribution >= 0.6 is 0 Å². The Bertz CT molecular complexity index is 195. The first kappa shape index (κ1) is 11.0. The number of rotatable bonds is 3. The largest absolute Gasteiger partial charge is 0.478 e. The van der Waals surface area contributed by atoms with Crippen LogP contribution in [0.15, 0.2) is 11.3 Å². The van der Waals surface area contributed by atoms with E-state index >= 15 is 0 Å². The molecule has 12 heavy (non-hydrogen) atoms. The summed E-state index contributed by atoms with van der Waals surface area (Å²) in [5.41, 5.74) is 1.30. The molecule has 70 valence electrons. The van der Waals surface area contributed by atoms with Gasteiger partial charge in [-0.05, 0) is 12.8 Å². The summed E-state index contributed by atoms with van der Waals surface area (Å²) in [7, 11) is 3.73. The fourth-order valence-electron chi connectivity index (χ4n) is 1.39. The highest BCUT2D eigenvalue weighted by atomic mass is 16.4. The molecule has 0 atom stereocenters. The highest BCUT2D eigenvalue weighted by molar-refractivity contribution is 5.86. The van der Waals surface area contributed by atoms with Gasteiger partial charge in [-0.1, -0.05) is 13.8 Å². The third kappa shape index (κ3) is 2.57. The number of nitrogens with zero attached hydrogens (tertiary/aromatic N) is 1. The third-order valence-electron chi connectivity index (χ3n) is 1.73. The topological polar surface area (TPSA) is 40.5 Å². The van der Waals surface area contributed by atoms with Crippen LogP contribution in [0.1, 0.15) is 20.8 Å². The zero-order chi connectivity index (χ0) is 9.89. The van der Waals surface area contributed by atoms with Crippen molar-refractivity contribution in [3.63, 3.8) is 0 Å². The summed E-state index contributed by atoms with van der Waals surface area (Å²) in [6.07, 6.45) is 0. The Morgan fingerprint density at radius 3 is 1.83 bits per heavy atom. The number of hydrogen-bond donors (Lipinski definition) is 1. The molecule has 3 nitrogen and oxygen atoms in total. The summed E-state index contributed by atoms with van der Waals surface area (Å²) in [6, 6.07) is 0. The molecule has 0 aromatic rings. The lowest BCUT2D eigenvalue weighted by molar-refractivity contribution is -0.132. The van der Waals surface area contributed by atoms with Gasteiger partial charge >= 0.3 is 5.97 Å². The molecule has 0 amide bonds. The Balaban J connectivity index is 4.94. The van der Waals surface area contributed by atoms with E-state index in [1.54, 1.807) is 6.92 Å². The molecule has 0 aromatic carbocycles. The first-order valence-electron chi connectivity index (χ1n) is 3.99. The van der Waals surface area contributed by atoms with Gasteiger partial charge in [-0.25, -0.2) is 4.79 Å². The van der Waals surface area contributed by atoms with Gasteiger partial charge in [0.1, 0.15) is 0 Å². The zero-order valence-corrected chi connectivity index (χ0v) is 8.38. The summed E-state index contributed by atoms with van der Waals surface area (Å²) in [5.74, 6) is -0.594. The molecule has 0 spiro atoms. The highest BCUT2D eigenvalue weighted by Crippen LogP contribution is 2.16.